The maximum atomic E-state index is 11.0. The van der Waals surface area contributed by atoms with E-state index in [4.69, 9.17) is 4.74 Å². The van der Waals surface area contributed by atoms with Gasteiger partial charge < -0.3 is 4.74 Å². The topological polar surface area (TPSA) is 26.3 Å². The first-order valence-corrected chi connectivity index (χ1v) is 6.07. The molecule has 3 heteroatoms. The van der Waals surface area contributed by atoms with Crippen molar-refractivity contribution in [2.45, 2.75) is 0 Å². The first-order chi connectivity index (χ1) is 7.83. The number of benzene rings is 1. The SMILES string of the molecule is O=C(C=CC=Cc1ccccc1)OCCBr. The Balaban J connectivity index is 2.36. The summed E-state index contributed by atoms with van der Waals surface area (Å²) in [5.74, 6) is -0.322. The zero-order chi connectivity index (χ0) is 11.6. The number of carbonyl (C=O) groups excluding carboxylic acids is 1. The summed E-state index contributed by atoms with van der Waals surface area (Å²) in [6, 6.07) is 9.88. The van der Waals surface area contributed by atoms with E-state index in [2.05, 4.69) is 15.9 Å². The van der Waals surface area contributed by atoms with Gasteiger partial charge in [0.1, 0.15) is 6.61 Å². The van der Waals surface area contributed by atoms with Crippen molar-refractivity contribution in [1.29, 1.82) is 0 Å². The molecule has 1 rings (SSSR count). The lowest BCUT2D eigenvalue weighted by atomic mass is 10.2. The minimum atomic E-state index is -0.322. The molecule has 0 atom stereocenters. The van der Waals surface area contributed by atoms with Crippen molar-refractivity contribution in [1.82, 2.24) is 0 Å². The van der Waals surface area contributed by atoms with Gasteiger partial charge in [0.2, 0.25) is 0 Å². The number of hydrogen-bond acceptors (Lipinski definition) is 2. The van der Waals surface area contributed by atoms with Crippen LogP contribution in [0.3, 0.4) is 0 Å². The number of allylic oxidation sites excluding steroid dienone is 2. The Morgan fingerprint density at radius 3 is 2.69 bits per heavy atom. The van der Waals surface area contributed by atoms with Crippen molar-refractivity contribution < 1.29 is 9.53 Å². The van der Waals surface area contributed by atoms with Gasteiger partial charge in [-0.3, -0.25) is 0 Å². The third-order valence-electron chi connectivity index (χ3n) is 1.75. The van der Waals surface area contributed by atoms with Crippen LogP contribution < -0.4 is 0 Å². The summed E-state index contributed by atoms with van der Waals surface area (Å²) in [5.41, 5.74) is 1.10. The number of carbonyl (C=O) groups is 1. The predicted molar refractivity (Wildman–Crippen MR) is 69.4 cm³/mol. The average molecular weight is 281 g/mol. The molecule has 0 aliphatic heterocycles. The van der Waals surface area contributed by atoms with Crippen LogP contribution in [0.15, 0.2) is 48.6 Å². The predicted octanol–water partition coefficient (Wildman–Crippen LogP) is 3.19. The summed E-state index contributed by atoms with van der Waals surface area (Å²) in [7, 11) is 0. The molecule has 0 aromatic heterocycles. The van der Waals surface area contributed by atoms with Crippen LogP contribution in [0.5, 0.6) is 0 Å². The van der Waals surface area contributed by atoms with Gasteiger partial charge in [-0.05, 0) is 5.56 Å². The van der Waals surface area contributed by atoms with Gasteiger partial charge >= 0.3 is 5.97 Å². The van der Waals surface area contributed by atoms with Crippen molar-refractivity contribution >= 4 is 28.0 Å². The highest BCUT2D eigenvalue weighted by atomic mass is 79.9. The maximum Gasteiger partial charge on any atom is 0.330 e. The smallest absolute Gasteiger partial charge is 0.330 e. The molecule has 1 aromatic carbocycles. The second-order valence-electron chi connectivity index (χ2n) is 2.99. The van der Waals surface area contributed by atoms with Crippen LogP contribution in [-0.4, -0.2) is 17.9 Å². The zero-order valence-corrected chi connectivity index (χ0v) is 10.4. The van der Waals surface area contributed by atoms with E-state index >= 15 is 0 Å². The molecule has 0 saturated heterocycles. The van der Waals surface area contributed by atoms with Crippen molar-refractivity contribution in [3.63, 3.8) is 0 Å². The standard InChI is InChI=1S/C13H13BrO2/c14-10-11-16-13(15)9-5-4-8-12-6-2-1-3-7-12/h1-9H,10-11H2. The molecule has 0 unspecified atom stereocenters. The minimum absolute atomic E-state index is 0.322. The second kappa shape index (κ2) is 7.88. The number of esters is 1. The van der Waals surface area contributed by atoms with Crippen LogP contribution in [0.4, 0.5) is 0 Å². The summed E-state index contributed by atoms with van der Waals surface area (Å²) in [4.78, 5) is 11.0. The van der Waals surface area contributed by atoms with Gasteiger partial charge in [-0.25, -0.2) is 4.79 Å². The molecule has 16 heavy (non-hydrogen) atoms. The number of halogens is 1. The molecular weight excluding hydrogens is 268 g/mol. The van der Waals surface area contributed by atoms with E-state index in [0.29, 0.717) is 11.9 Å². The number of ether oxygens (including phenoxy) is 1. The quantitative estimate of drug-likeness (QED) is 0.358. The van der Waals surface area contributed by atoms with Gasteiger partial charge in [0, 0.05) is 11.4 Å². The van der Waals surface area contributed by atoms with Gasteiger partial charge in [0.25, 0.3) is 0 Å². The Hall–Kier alpha value is -1.35. The van der Waals surface area contributed by atoms with E-state index in [1.54, 1.807) is 6.08 Å². The van der Waals surface area contributed by atoms with Crippen LogP contribution in [0.1, 0.15) is 5.56 Å². The Morgan fingerprint density at radius 1 is 1.25 bits per heavy atom. The number of hydrogen-bond donors (Lipinski definition) is 0. The van der Waals surface area contributed by atoms with Crippen molar-refractivity contribution in [3.8, 4) is 0 Å². The summed E-state index contributed by atoms with van der Waals surface area (Å²) in [5, 5.41) is 0.659. The third kappa shape index (κ3) is 5.51. The first kappa shape index (κ1) is 12.7. The van der Waals surface area contributed by atoms with E-state index in [-0.39, 0.29) is 5.97 Å². The Kier molecular flexibility index (Phi) is 6.26. The van der Waals surface area contributed by atoms with Crippen LogP contribution in [0.2, 0.25) is 0 Å². The Bertz CT molecular complexity index is 369. The Labute approximate surface area is 104 Å². The molecule has 0 saturated carbocycles. The molecule has 0 spiro atoms. The molecule has 1 aromatic rings. The van der Waals surface area contributed by atoms with E-state index < -0.39 is 0 Å². The summed E-state index contributed by atoms with van der Waals surface area (Å²) < 4.78 is 4.84. The molecule has 0 N–H and O–H groups in total. The molecule has 0 aliphatic rings. The molecule has 0 heterocycles. The average Bonchev–Trinajstić information content (AvgIpc) is 2.33. The van der Waals surface area contributed by atoms with Crippen LogP contribution in [0.25, 0.3) is 6.08 Å². The van der Waals surface area contributed by atoms with E-state index in [9.17, 15) is 4.79 Å². The minimum Gasteiger partial charge on any atom is -0.462 e. The van der Waals surface area contributed by atoms with Gasteiger partial charge in [0.15, 0.2) is 0 Å². The van der Waals surface area contributed by atoms with Gasteiger partial charge in [-0.15, -0.1) is 0 Å². The highest BCUT2D eigenvalue weighted by Gasteiger charge is 1.92. The molecule has 0 radical (unpaired) electrons. The second-order valence-corrected chi connectivity index (χ2v) is 3.78. The maximum absolute atomic E-state index is 11.0. The largest absolute Gasteiger partial charge is 0.462 e. The monoisotopic (exact) mass is 280 g/mol. The molecule has 84 valence electrons. The van der Waals surface area contributed by atoms with Gasteiger partial charge in [-0.2, -0.15) is 0 Å². The fraction of sp³-hybridized carbons (Fsp3) is 0.154. The van der Waals surface area contributed by atoms with Crippen molar-refractivity contribution in [2.75, 3.05) is 11.9 Å². The number of alkyl halides is 1. The summed E-state index contributed by atoms with van der Waals surface area (Å²) >= 11 is 3.17. The third-order valence-corrected chi connectivity index (χ3v) is 2.08. The van der Waals surface area contributed by atoms with Gasteiger partial charge in [0.05, 0.1) is 0 Å². The van der Waals surface area contributed by atoms with E-state index in [1.807, 2.05) is 42.5 Å². The molecular formula is C13H13BrO2. The fourth-order valence-electron chi connectivity index (χ4n) is 1.05. The molecule has 2 nitrogen and oxygen atoms in total. The lowest BCUT2D eigenvalue weighted by molar-refractivity contribution is -0.137. The lowest BCUT2D eigenvalue weighted by Crippen LogP contribution is -2.02. The molecule has 0 fully saturated rings. The number of rotatable bonds is 5. The molecule has 0 aliphatic carbocycles. The normalized spacial score (nSPS) is 11.1. The molecule has 0 amide bonds. The van der Waals surface area contributed by atoms with Crippen LogP contribution in [-0.2, 0) is 9.53 Å². The van der Waals surface area contributed by atoms with E-state index in [0.717, 1.165) is 5.56 Å². The van der Waals surface area contributed by atoms with Crippen molar-refractivity contribution in [2.24, 2.45) is 0 Å². The van der Waals surface area contributed by atoms with E-state index in [1.165, 1.54) is 6.08 Å². The summed E-state index contributed by atoms with van der Waals surface area (Å²) in [6.45, 7) is 0.394. The zero-order valence-electron chi connectivity index (χ0n) is 8.80. The lowest BCUT2D eigenvalue weighted by Gasteiger charge is -1.95. The highest BCUT2D eigenvalue weighted by Crippen LogP contribution is 2.00. The molecule has 0 bridgehead atoms. The summed E-state index contributed by atoms with van der Waals surface area (Å²) in [6.07, 6.45) is 6.81. The van der Waals surface area contributed by atoms with Crippen LogP contribution >= 0.6 is 15.9 Å². The van der Waals surface area contributed by atoms with Crippen molar-refractivity contribution in [3.05, 3.63) is 54.1 Å². The van der Waals surface area contributed by atoms with Gasteiger partial charge in [-0.1, -0.05) is 64.5 Å². The van der Waals surface area contributed by atoms with Crippen LogP contribution in [0, 0.1) is 0 Å². The fourth-order valence-corrected chi connectivity index (χ4v) is 1.21. The Morgan fingerprint density at radius 2 is 2.00 bits per heavy atom. The highest BCUT2D eigenvalue weighted by molar-refractivity contribution is 9.09. The first-order valence-electron chi connectivity index (χ1n) is 4.95.